The normalized spacial score (nSPS) is 16.0. The van der Waals surface area contributed by atoms with E-state index in [1.807, 2.05) is 37.3 Å². The Morgan fingerprint density at radius 1 is 1.16 bits per heavy atom. The number of rotatable bonds is 13. The SMILES string of the molecule is CCOc1ccccc1OC1CCCN(c2cncc(Nc3cc(C(C)(C)COCCOC)no3)n2)C1. The second-order valence-corrected chi connectivity index (χ2v) is 9.60. The van der Waals surface area contributed by atoms with Gasteiger partial charge in [-0.25, -0.2) is 4.98 Å². The van der Waals surface area contributed by atoms with Crippen molar-refractivity contribution in [2.75, 3.05) is 56.8 Å². The number of benzene rings is 1. The first kappa shape index (κ1) is 26.7. The lowest BCUT2D eigenvalue weighted by molar-refractivity contribution is 0.0470. The first-order chi connectivity index (χ1) is 18.0. The van der Waals surface area contributed by atoms with E-state index in [4.69, 9.17) is 28.5 Å². The topological polar surface area (TPSA) is 104 Å². The van der Waals surface area contributed by atoms with Crippen LogP contribution in [0.5, 0.6) is 11.5 Å². The molecule has 3 aromatic rings. The third kappa shape index (κ3) is 7.33. The van der Waals surface area contributed by atoms with Gasteiger partial charge in [-0.05, 0) is 31.9 Å². The highest BCUT2D eigenvalue weighted by atomic mass is 16.5. The number of methoxy groups -OCH3 is 1. The number of aromatic nitrogens is 3. The lowest BCUT2D eigenvalue weighted by Crippen LogP contribution is -2.41. The first-order valence-electron chi connectivity index (χ1n) is 12.7. The zero-order chi connectivity index (χ0) is 26.1. The molecule has 4 rings (SSSR count). The average Bonchev–Trinajstić information content (AvgIpc) is 3.38. The molecule has 1 atom stereocenters. The van der Waals surface area contributed by atoms with E-state index in [9.17, 15) is 0 Å². The fraction of sp³-hybridized carbons (Fsp3) is 0.519. The predicted octanol–water partition coefficient (Wildman–Crippen LogP) is 4.60. The molecule has 10 nitrogen and oxygen atoms in total. The van der Waals surface area contributed by atoms with Crippen LogP contribution in [0.3, 0.4) is 0 Å². The van der Waals surface area contributed by atoms with Gasteiger partial charge in [-0.15, -0.1) is 0 Å². The van der Waals surface area contributed by atoms with Crippen molar-refractivity contribution >= 4 is 17.5 Å². The van der Waals surface area contributed by atoms with Gasteiger partial charge in [-0.2, -0.15) is 0 Å². The van der Waals surface area contributed by atoms with Crippen LogP contribution in [0.25, 0.3) is 0 Å². The number of hydrogen-bond acceptors (Lipinski definition) is 10. The molecular weight excluding hydrogens is 474 g/mol. The summed E-state index contributed by atoms with van der Waals surface area (Å²) in [6.07, 6.45) is 5.43. The summed E-state index contributed by atoms with van der Waals surface area (Å²) in [7, 11) is 1.66. The van der Waals surface area contributed by atoms with Crippen LogP contribution in [-0.2, 0) is 14.9 Å². The van der Waals surface area contributed by atoms with E-state index in [2.05, 4.69) is 34.2 Å². The molecule has 37 heavy (non-hydrogen) atoms. The Morgan fingerprint density at radius 2 is 2.00 bits per heavy atom. The maximum absolute atomic E-state index is 6.32. The summed E-state index contributed by atoms with van der Waals surface area (Å²) in [5.41, 5.74) is 0.480. The smallest absolute Gasteiger partial charge is 0.230 e. The van der Waals surface area contributed by atoms with Gasteiger partial charge in [0.1, 0.15) is 11.9 Å². The molecule has 0 aliphatic carbocycles. The van der Waals surface area contributed by atoms with Crippen molar-refractivity contribution in [3.05, 3.63) is 48.4 Å². The molecule has 1 aliphatic heterocycles. The number of ether oxygens (including phenoxy) is 4. The van der Waals surface area contributed by atoms with Gasteiger partial charge in [-0.3, -0.25) is 4.98 Å². The minimum absolute atomic E-state index is 0.0268. The van der Waals surface area contributed by atoms with E-state index in [0.717, 1.165) is 42.4 Å². The van der Waals surface area contributed by atoms with E-state index >= 15 is 0 Å². The molecule has 200 valence electrons. The van der Waals surface area contributed by atoms with Crippen molar-refractivity contribution in [2.24, 2.45) is 0 Å². The van der Waals surface area contributed by atoms with Crippen LogP contribution in [-0.4, -0.2) is 67.9 Å². The van der Waals surface area contributed by atoms with Crippen LogP contribution in [0.2, 0.25) is 0 Å². The van der Waals surface area contributed by atoms with Crippen LogP contribution < -0.4 is 19.7 Å². The predicted molar refractivity (Wildman–Crippen MR) is 141 cm³/mol. The summed E-state index contributed by atoms with van der Waals surface area (Å²) in [6, 6.07) is 9.67. The lowest BCUT2D eigenvalue weighted by Gasteiger charge is -2.33. The number of anilines is 3. The van der Waals surface area contributed by atoms with E-state index in [1.165, 1.54) is 0 Å². The van der Waals surface area contributed by atoms with Gasteiger partial charge in [0.15, 0.2) is 17.3 Å². The van der Waals surface area contributed by atoms with Gasteiger partial charge in [-0.1, -0.05) is 31.1 Å². The maximum Gasteiger partial charge on any atom is 0.230 e. The number of nitrogens with zero attached hydrogens (tertiary/aromatic N) is 4. The third-order valence-electron chi connectivity index (χ3n) is 6.12. The van der Waals surface area contributed by atoms with Crippen molar-refractivity contribution in [3.8, 4) is 11.5 Å². The summed E-state index contributed by atoms with van der Waals surface area (Å²) in [4.78, 5) is 11.4. The van der Waals surface area contributed by atoms with Crippen molar-refractivity contribution < 1.29 is 23.5 Å². The Balaban J connectivity index is 1.37. The molecule has 1 aromatic carbocycles. The largest absolute Gasteiger partial charge is 0.490 e. The van der Waals surface area contributed by atoms with Gasteiger partial charge < -0.3 is 33.7 Å². The minimum atomic E-state index is -0.311. The molecule has 10 heteroatoms. The molecular formula is C27H37N5O5. The summed E-state index contributed by atoms with van der Waals surface area (Å²) >= 11 is 0. The standard InChI is InChI=1S/C27H37N5O5/c1-5-35-21-10-6-7-11-22(21)36-20-9-8-12-32(18-20)25-17-28-16-24(29-25)30-26-15-23(31-37-26)27(2,3)19-34-14-13-33-4/h6-7,10-11,15-17,20H,5,8-9,12-14,18-19H2,1-4H3,(H,29,30). The van der Waals surface area contributed by atoms with E-state index in [-0.39, 0.29) is 11.5 Å². The van der Waals surface area contributed by atoms with Crippen molar-refractivity contribution in [2.45, 2.75) is 45.1 Å². The van der Waals surface area contributed by atoms with Crippen LogP contribution in [0.15, 0.2) is 47.2 Å². The molecule has 1 unspecified atom stereocenters. The number of nitrogens with one attached hydrogen (secondary N) is 1. The minimum Gasteiger partial charge on any atom is -0.490 e. The highest BCUT2D eigenvalue weighted by Crippen LogP contribution is 2.30. The molecule has 0 spiro atoms. The Labute approximate surface area is 218 Å². The highest BCUT2D eigenvalue weighted by Gasteiger charge is 2.26. The molecule has 1 fully saturated rings. The van der Waals surface area contributed by atoms with Crippen molar-refractivity contribution in [1.82, 2.24) is 15.1 Å². The van der Waals surface area contributed by atoms with Gasteiger partial charge in [0.25, 0.3) is 0 Å². The Hall–Kier alpha value is -3.37. The van der Waals surface area contributed by atoms with Gasteiger partial charge in [0.05, 0.1) is 51.1 Å². The second kappa shape index (κ2) is 12.7. The number of hydrogen-bond donors (Lipinski definition) is 1. The molecule has 2 aromatic heterocycles. The highest BCUT2D eigenvalue weighted by molar-refractivity contribution is 5.53. The molecule has 0 saturated carbocycles. The number of piperidine rings is 1. The van der Waals surface area contributed by atoms with E-state index in [0.29, 0.717) is 44.7 Å². The molecule has 0 bridgehead atoms. The molecule has 1 N–H and O–H groups in total. The van der Waals surface area contributed by atoms with Crippen LogP contribution in [0.4, 0.5) is 17.5 Å². The van der Waals surface area contributed by atoms with Gasteiger partial charge in [0.2, 0.25) is 5.88 Å². The summed E-state index contributed by atoms with van der Waals surface area (Å²) in [5.74, 6) is 3.40. The third-order valence-corrected chi connectivity index (χ3v) is 6.12. The second-order valence-electron chi connectivity index (χ2n) is 9.60. The monoisotopic (exact) mass is 511 g/mol. The van der Waals surface area contributed by atoms with Crippen LogP contribution in [0, 0.1) is 0 Å². The fourth-order valence-electron chi connectivity index (χ4n) is 4.14. The van der Waals surface area contributed by atoms with Crippen LogP contribution in [0.1, 0.15) is 39.3 Å². The van der Waals surface area contributed by atoms with Crippen LogP contribution >= 0.6 is 0 Å². The van der Waals surface area contributed by atoms with E-state index in [1.54, 1.807) is 19.5 Å². The zero-order valence-corrected chi connectivity index (χ0v) is 22.1. The van der Waals surface area contributed by atoms with Crippen molar-refractivity contribution in [1.29, 1.82) is 0 Å². The lowest BCUT2D eigenvalue weighted by atomic mass is 9.90. The van der Waals surface area contributed by atoms with Gasteiger partial charge >= 0.3 is 0 Å². The Morgan fingerprint density at radius 3 is 2.81 bits per heavy atom. The molecule has 0 radical (unpaired) electrons. The maximum atomic E-state index is 6.32. The molecule has 1 saturated heterocycles. The fourth-order valence-corrected chi connectivity index (χ4v) is 4.14. The Bertz CT molecular complexity index is 1120. The van der Waals surface area contributed by atoms with Gasteiger partial charge in [0, 0.05) is 25.1 Å². The summed E-state index contributed by atoms with van der Waals surface area (Å²) in [6.45, 7) is 9.87. The summed E-state index contributed by atoms with van der Waals surface area (Å²) < 4.78 is 28.3. The first-order valence-corrected chi connectivity index (χ1v) is 12.7. The molecule has 1 aliphatic rings. The Kier molecular flexibility index (Phi) is 9.19. The van der Waals surface area contributed by atoms with Crippen molar-refractivity contribution in [3.63, 3.8) is 0 Å². The molecule has 0 amide bonds. The average molecular weight is 512 g/mol. The number of para-hydroxylation sites is 2. The zero-order valence-electron chi connectivity index (χ0n) is 22.1. The van der Waals surface area contributed by atoms with E-state index < -0.39 is 0 Å². The summed E-state index contributed by atoms with van der Waals surface area (Å²) in [5, 5.41) is 7.42. The quantitative estimate of drug-likeness (QED) is 0.328. The molecule has 3 heterocycles.